The molecule has 0 spiro atoms. The van der Waals surface area contributed by atoms with Crippen LogP contribution in [0.3, 0.4) is 0 Å². The van der Waals surface area contributed by atoms with Crippen molar-refractivity contribution in [2.45, 2.75) is 40.0 Å². The molecule has 4 nitrogen and oxygen atoms in total. The van der Waals surface area contributed by atoms with Gasteiger partial charge in [-0.1, -0.05) is 12.1 Å². The van der Waals surface area contributed by atoms with Crippen LogP contribution in [0.2, 0.25) is 0 Å². The molecule has 2 aromatic rings. The molecular weight excluding hydrogens is 332 g/mol. The maximum Gasteiger partial charge on any atom is 0.387 e. The number of ether oxygens (including phenoxy) is 1. The third-order valence-corrected chi connectivity index (χ3v) is 4.80. The van der Waals surface area contributed by atoms with E-state index in [1.165, 1.54) is 6.07 Å². The summed E-state index contributed by atoms with van der Waals surface area (Å²) >= 11 is 1.67. The fraction of sp³-hybridized carbons (Fsp3) is 0.471. The zero-order valence-electron chi connectivity index (χ0n) is 14.1. The Kier molecular flexibility index (Phi) is 6.93. The Labute approximate surface area is 145 Å². The predicted octanol–water partition coefficient (Wildman–Crippen LogP) is 4.44. The van der Waals surface area contributed by atoms with E-state index in [1.54, 1.807) is 23.5 Å². The van der Waals surface area contributed by atoms with Crippen molar-refractivity contribution in [1.82, 2.24) is 10.3 Å². The van der Waals surface area contributed by atoms with E-state index in [9.17, 15) is 8.78 Å². The van der Waals surface area contributed by atoms with Crippen LogP contribution in [0.5, 0.6) is 5.75 Å². The molecule has 0 saturated carbocycles. The van der Waals surface area contributed by atoms with Gasteiger partial charge in [-0.15, -0.1) is 11.3 Å². The largest absolute Gasteiger partial charge is 0.435 e. The lowest BCUT2D eigenvalue weighted by Crippen LogP contribution is -2.21. The smallest absolute Gasteiger partial charge is 0.387 e. The van der Waals surface area contributed by atoms with Crippen LogP contribution in [0, 0.1) is 0 Å². The van der Waals surface area contributed by atoms with Crippen molar-refractivity contribution in [3.63, 3.8) is 0 Å². The van der Waals surface area contributed by atoms with Crippen LogP contribution in [0.4, 0.5) is 13.9 Å². The quantitative estimate of drug-likeness (QED) is 0.721. The second kappa shape index (κ2) is 8.94. The van der Waals surface area contributed by atoms with Crippen molar-refractivity contribution < 1.29 is 13.5 Å². The normalized spacial score (nSPS) is 12.4. The van der Waals surface area contributed by atoms with Crippen LogP contribution in [0.25, 0.3) is 0 Å². The molecule has 1 atom stereocenters. The Balaban J connectivity index is 1.94. The maximum absolute atomic E-state index is 12.3. The molecule has 1 aromatic heterocycles. The van der Waals surface area contributed by atoms with Crippen molar-refractivity contribution in [3.8, 4) is 5.75 Å². The van der Waals surface area contributed by atoms with Gasteiger partial charge in [-0.2, -0.15) is 8.78 Å². The lowest BCUT2D eigenvalue weighted by molar-refractivity contribution is -0.0499. The molecule has 24 heavy (non-hydrogen) atoms. The van der Waals surface area contributed by atoms with Gasteiger partial charge in [0.05, 0.1) is 0 Å². The number of hydrogen-bond donors (Lipinski definition) is 1. The highest BCUT2D eigenvalue weighted by molar-refractivity contribution is 7.15. The lowest BCUT2D eigenvalue weighted by atomic mass is 10.1. The monoisotopic (exact) mass is 355 g/mol. The van der Waals surface area contributed by atoms with E-state index in [-0.39, 0.29) is 11.8 Å². The molecule has 7 heteroatoms. The van der Waals surface area contributed by atoms with E-state index in [2.05, 4.69) is 33.8 Å². The highest BCUT2D eigenvalue weighted by Crippen LogP contribution is 2.24. The fourth-order valence-corrected chi connectivity index (χ4v) is 3.34. The summed E-state index contributed by atoms with van der Waals surface area (Å²) in [6.07, 6.45) is 1.88. The first kappa shape index (κ1) is 18.6. The van der Waals surface area contributed by atoms with Crippen molar-refractivity contribution in [2.24, 2.45) is 0 Å². The van der Waals surface area contributed by atoms with Crippen molar-refractivity contribution in [3.05, 3.63) is 40.9 Å². The number of nitrogens with one attached hydrogen (secondary N) is 1. The number of alkyl halides is 2. The van der Waals surface area contributed by atoms with Gasteiger partial charge in [-0.25, -0.2) is 4.98 Å². The standard InChI is InChI=1S/C17H23F2N3OS/c1-4-22(5-2)17-21-11-15(24-17)10-20-12(3)13-7-6-8-14(9-13)23-16(18)19/h6-9,11-12,16,20H,4-5,10H2,1-3H3. The number of thiazole rings is 1. The minimum absolute atomic E-state index is 0.0187. The number of anilines is 1. The average molecular weight is 355 g/mol. The van der Waals surface area contributed by atoms with Crippen molar-refractivity contribution >= 4 is 16.5 Å². The number of nitrogens with zero attached hydrogens (tertiary/aromatic N) is 2. The Morgan fingerprint density at radius 1 is 1.29 bits per heavy atom. The molecule has 0 aliphatic heterocycles. The fourth-order valence-electron chi connectivity index (χ4n) is 2.35. The van der Waals surface area contributed by atoms with Gasteiger partial charge in [-0.3, -0.25) is 0 Å². The molecule has 1 unspecified atom stereocenters. The van der Waals surface area contributed by atoms with Crippen LogP contribution in [-0.2, 0) is 6.54 Å². The van der Waals surface area contributed by atoms with Gasteiger partial charge in [0.25, 0.3) is 0 Å². The maximum atomic E-state index is 12.3. The van der Waals surface area contributed by atoms with Crippen molar-refractivity contribution in [1.29, 1.82) is 0 Å². The summed E-state index contributed by atoms with van der Waals surface area (Å²) < 4.78 is 29.1. The molecule has 132 valence electrons. The summed E-state index contributed by atoms with van der Waals surface area (Å²) in [5.74, 6) is 0.178. The molecule has 0 aliphatic carbocycles. The van der Waals surface area contributed by atoms with Crippen LogP contribution >= 0.6 is 11.3 Å². The van der Waals surface area contributed by atoms with E-state index >= 15 is 0 Å². The molecule has 1 N–H and O–H groups in total. The van der Waals surface area contributed by atoms with Crippen LogP contribution in [0.1, 0.15) is 37.3 Å². The number of benzene rings is 1. The van der Waals surface area contributed by atoms with Gasteiger partial charge < -0.3 is 15.0 Å². The summed E-state index contributed by atoms with van der Waals surface area (Å²) in [5, 5.41) is 4.42. The third-order valence-electron chi connectivity index (χ3n) is 3.74. The van der Waals surface area contributed by atoms with Crippen molar-refractivity contribution in [2.75, 3.05) is 18.0 Å². The van der Waals surface area contributed by atoms with E-state index in [0.29, 0.717) is 6.54 Å². The summed E-state index contributed by atoms with van der Waals surface area (Å²) in [5.41, 5.74) is 0.904. The SMILES string of the molecule is CCN(CC)c1ncc(CNC(C)c2cccc(OC(F)F)c2)s1. The summed E-state index contributed by atoms with van der Waals surface area (Å²) in [6.45, 7) is 5.96. The minimum Gasteiger partial charge on any atom is -0.435 e. The minimum atomic E-state index is -2.81. The van der Waals surface area contributed by atoms with E-state index in [1.807, 2.05) is 19.2 Å². The summed E-state index contributed by atoms with van der Waals surface area (Å²) in [4.78, 5) is 7.81. The number of halogens is 2. The molecule has 1 heterocycles. The van der Waals surface area contributed by atoms with Crippen LogP contribution in [-0.4, -0.2) is 24.7 Å². The molecule has 0 fully saturated rings. The molecular formula is C17H23F2N3OS. The first-order valence-corrected chi connectivity index (χ1v) is 8.82. The Hall–Kier alpha value is -1.73. The molecule has 0 saturated heterocycles. The van der Waals surface area contributed by atoms with Gasteiger partial charge in [0.1, 0.15) is 5.75 Å². The van der Waals surface area contributed by atoms with E-state index in [4.69, 9.17) is 0 Å². The Bertz CT molecular complexity index is 632. The lowest BCUT2D eigenvalue weighted by Gasteiger charge is -2.16. The zero-order chi connectivity index (χ0) is 17.5. The molecule has 2 rings (SSSR count). The van der Waals surface area contributed by atoms with Crippen LogP contribution < -0.4 is 15.0 Å². The highest BCUT2D eigenvalue weighted by atomic mass is 32.1. The summed E-state index contributed by atoms with van der Waals surface area (Å²) in [7, 11) is 0. The van der Waals surface area contributed by atoms with Gasteiger partial charge in [0.2, 0.25) is 0 Å². The van der Waals surface area contributed by atoms with E-state index in [0.717, 1.165) is 28.7 Å². The average Bonchev–Trinajstić information content (AvgIpc) is 3.02. The van der Waals surface area contributed by atoms with Gasteiger partial charge in [0.15, 0.2) is 5.13 Å². The second-order valence-electron chi connectivity index (χ2n) is 5.34. The number of hydrogen-bond acceptors (Lipinski definition) is 5. The molecule has 0 aliphatic rings. The second-order valence-corrected chi connectivity index (χ2v) is 6.43. The molecule has 0 bridgehead atoms. The summed E-state index contributed by atoms with van der Waals surface area (Å²) in [6, 6.07) is 6.80. The first-order chi connectivity index (χ1) is 11.5. The molecule has 1 aromatic carbocycles. The van der Waals surface area contributed by atoms with E-state index < -0.39 is 6.61 Å². The predicted molar refractivity (Wildman–Crippen MR) is 94.0 cm³/mol. The Morgan fingerprint density at radius 3 is 2.71 bits per heavy atom. The topological polar surface area (TPSA) is 37.4 Å². The molecule has 0 amide bonds. The molecule has 0 radical (unpaired) electrons. The van der Waals surface area contributed by atoms with Crippen LogP contribution in [0.15, 0.2) is 30.5 Å². The first-order valence-electron chi connectivity index (χ1n) is 8.01. The van der Waals surface area contributed by atoms with Gasteiger partial charge >= 0.3 is 6.61 Å². The zero-order valence-corrected chi connectivity index (χ0v) is 14.9. The Morgan fingerprint density at radius 2 is 2.04 bits per heavy atom. The number of rotatable bonds is 9. The van der Waals surface area contributed by atoms with Gasteiger partial charge in [0, 0.05) is 36.8 Å². The highest BCUT2D eigenvalue weighted by Gasteiger charge is 2.11. The third kappa shape index (κ3) is 5.14. The number of aromatic nitrogens is 1. The van der Waals surface area contributed by atoms with Gasteiger partial charge in [-0.05, 0) is 38.5 Å².